The molecule has 2 aliphatic rings. The molecular formula is C21H31N3O4. The minimum atomic E-state index is -0.562. The average molecular weight is 389 g/mol. The lowest BCUT2D eigenvalue weighted by Gasteiger charge is -2.37. The van der Waals surface area contributed by atoms with Gasteiger partial charge in [0.2, 0.25) is 0 Å². The summed E-state index contributed by atoms with van der Waals surface area (Å²) in [6.45, 7) is 6.58. The van der Waals surface area contributed by atoms with E-state index in [-0.39, 0.29) is 5.41 Å². The summed E-state index contributed by atoms with van der Waals surface area (Å²) in [5, 5.41) is 5.58. The Bertz CT molecular complexity index is 626. The van der Waals surface area contributed by atoms with Crippen LogP contribution in [0.3, 0.4) is 0 Å². The van der Waals surface area contributed by atoms with Gasteiger partial charge in [-0.25, -0.2) is 0 Å². The van der Waals surface area contributed by atoms with E-state index in [1.54, 1.807) is 0 Å². The molecule has 2 aliphatic heterocycles. The van der Waals surface area contributed by atoms with Crippen LogP contribution < -0.4 is 10.6 Å². The summed E-state index contributed by atoms with van der Waals surface area (Å²) in [7, 11) is 0. The molecule has 1 aromatic rings. The molecule has 2 fully saturated rings. The van der Waals surface area contributed by atoms with Crippen molar-refractivity contribution in [3.63, 3.8) is 0 Å². The van der Waals surface area contributed by atoms with E-state index in [1.165, 1.54) is 5.56 Å². The molecular weight excluding hydrogens is 358 g/mol. The van der Waals surface area contributed by atoms with Crippen LogP contribution in [0.15, 0.2) is 30.3 Å². The standard InChI is InChI=1S/C21H31N3O4/c25-19(22-9-4-10-24-11-15-28-16-12-24)20(26)23-17-21(7-13-27-14-8-21)18-5-2-1-3-6-18/h1-3,5-6H,4,7-17H2,(H,22,25)(H,23,26). The summed E-state index contributed by atoms with van der Waals surface area (Å²) >= 11 is 0. The van der Waals surface area contributed by atoms with E-state index in [0.29, 0.717) is 26.3 Å². The third-order valence-corrected chi connectivity index (χ3v) is 5.67. The Morgan fingerprint density at radius 3 is 2.29 bits per heavy atom. The van der Waals surface area contributed by atoms with Crippen LogP contribution in [0.25, 0.3) is 0 Å². The van der Waals surface area contributed by atoms with Crippen molar-refractivity contribution >= 4 is 11.8 Å². The predicted molar refractivity (Wildman–Crippen MR) is 106 cm³/mol. The first-order valence-electron chi connectivity index (χ1n) is 10.2. The van der Waals surface area contributed by atoms with E-state index in [9.17, 15) is 9.59 Å². The van der Waals surface area contributed by atoms with Crippen molar-refractivity contribution in [2.24, 2.45) is 0 Å². The Labute approximate surface area is 166 Å². The number of nitrogens with one attached hydrogen (secondary N) is 2. The van der Waals surface area contributed by atoms with Crippen molar-refractivity contribution in [1.82, 2.24) is 15.5 Å². The van der Waals surface area contributed by atoms with E-state index in [0.717, 1.165) is 52.1 Å². The van der Waals surface area contributed by atoms with Crippen molar-refractivity contribution in [2.45, 2.75) is 24.7 Å². The first kappa shape index (κ1) is 20.8. The molecule has 2 heterocycles. The zero-order valence-corrected chi connectivity index (χ0v) is 16.5. The molecule has 0 unspecified atom stereocenters. The van der Waals surface area contributed by atoms with E-state index in [4.69, 9.17) is 9.47 Å². The molecule has 0 aromatic heterocycles. The predicted octanol–water partition coefficient (Wildman–Crippen LogP) is 0.690. The van der Waals surface area contributed by atoms with Gasteiger partial charge >= 0.3 is 11.8 Å². The number of morpholine rings is 1. The Hall–Kier alpha value is -1.96. The van der Waals surface area contributed by atoms with E-state index >= 15 is 0 Å². The smallest absolute Gasteiger partial charge is 0.309 e. The number of benzene rings is 1. The Balaban J connectivity index is 1.43. The van der Waals surface area contributed by atoms with E-state index in [2.05, 4.69) is 27.7 Å². The summed E-state index contributed by atoms with van der Waals surface area (Å²) in [5.41, 5.74) is 1.01. The molecule has 154 valence electrons. The number of hydrogen-bond donors (Lipinski definition) is 2. The SMILES string of the molecule is O=C(NCCCN1CCOCC1)C(=O)NCC1(c2ccccc2)CCOCC1. The van der Waals surface area contributed by atoms with Crippen LogP contribution in [0.5, 0.6) is 0 Å². The molecule has 0 aliphatic carbocycles. The molecule has 0 saturated carbocycles. The molecule has 3 rings (SSSR count). The molecule has 7 nitrogen and oxygen atoms in total. The van der Waals surface area contributed by atoms with Crippen LogP contribution >= 0.6 is 0 Å². The van der Waals surface area contributed by atoms with Gasteiger partial charge in [-0.05, 0) is 31.4 Å². The van der Waals surface area contributed by atoms with Crippen LogP contribution in [0.2, 0.25) is 0 Å². The minimum absolute atomic E-state index is 0.175. The maximum atomic E-state index is 12.3. The van der Waals surface area contributed by atoms with Gasteiger partial charge in [0.1, 0.15) is 0 Å². The highest BCUT2D eigenvalue weighted by molar-refractivity contribution is 6.35. The van der Waals surface area contributed by atoms with Gasteiger partial charge in [-0.2, -0.15) is 0 Å². The van der Waals surface area contributed by atoms with Gasteiger partial charge in [-0.3, -0.25) is 14.5 Å². The third kappa shape index (κ3) is 5.77. The number of rotatable bonds is 7. The third-order valence-electron chi connectivity index (χ3n) is 5.67. The number of ether oxygens (including phenoxy) is 2. The molecule has 0 bridgehead atoms. The molecule has 0 radical (unpaired) electrons. The Morgan fingerprint density at radius 1 is 0.929 bits per heavy atom. The maximum absolute atomic E-state index is 12.3. The molecule has 2 saturated heterocycles. The topological polar surface area (TPSA) is 79.9 Å². The Morgan fingerprint density at radius 2 is 1.57 bits per heavy atom. The second-order valence-corrected chi connectivity index (χ2v) is 7.50. The molecule has 0 spiro atoms. The minimum Gasteiger partial charge on any atom is -0.381 e. The number of amides is 2. The van der Waals surface area contributed by atoms with Gasteiger partial charge in [-0.15, -0.1) is 0 Å². The first-order chi connectivity index (χ1) is 13.7. The largest absolute Gasteiger partial charge is 0.381 e. The van der Waals surface area contributed by atoms with Gasteiger partial charge in [0.15, 0.2) is 0 Å². The van der Waals surface area contributed by atoms with Gasteiger partial charge < -0.3 is 20.1 Å². The number of carbonyl (C=O) groups is 2. The molecule has 0 atom stereocenters. The van der Waals surface area contributed by atoms with Crippen LogP contribution in [0.1, 0.15) is 24.8 Å². The fraction of sp³-hybridized carbons (Fsp3) is 0.619. The van der Waals surface area contributed by atoms with Gasteiger partial charge in [-0.1, -0.05) is 30.3 Å². The van der Waals surface area contributed by atoms with Gasteiger partial charge in [0.05, 0.1) is 13.2 Å². The first-order valence-corrected chi connectivity index (χ1v) is 10.2. The second-order valence-electron chi connectivity index (χ2n) is 7.50. The highest BCUT2D eigenvalue weighted by Gasteiger charge is 2.35. The van der Waals surface area contributed by atoms with Crippen molar-refractivity contribution in [1.29, 1.82) is 0 Å². The van der Waals surface area contributed by atoms with Gasteiger partial charge in [0, 0.05) is 44.8 Å². The van der Waals surface area contributed by atoms with E-state index in [1.807, 2.05) is 18.2 Å². The summed E-state index contributed by atoms with van der Waals surface area (Å²) in [5.74, 6) is -1.12. The lowest BCUT2D eigenvalue weighted by atomic mass is 9.74. The normalized spacial score (nSPS) is 19.7. The van der Waals surface area contributed by atoms with Crippen LogP contribution in [-0.4, -0.2) is 75.9 Å². The maximum Gasteiger partial charge on any atom is 0.309 e. The number of nitrogens with zero attached hydrogens (tertiary/aromatic N) is 1. The summed E-state index contributed by atoms with van der Waals surface area (Å²) < 4.78 is 10.8. The highest BCUT2D eigenvalue weighted by atomic mass is 16.5. The lowest BCUT2D eigenvalue weighted by Crippen LogP contribution is -2.48. The number of carbonyl (C=O) groups excluding carboxylic acids is 2. The molecule has 2 N–H and O–H groups in total. The van der Waals surface area contributed by atoms with Crippen LogP contribution in [0, 0.1) is 0 Å². The monoisotopic (exact) mass is 389 g/mol. The van der Waals surface area contributed by atoms with Crippen LogP contribution in [-0.2, 0) is 24.5 Å². The quantitative estimate of drug-likeness (QED) is 0.530. The van der Waals surface area contributed by atoms with Gasteiger partial charge in [0.25, 0.3) is 0 Å². The number of hydrogen-bond acceptors (Lipinski definition) is 5. The molecule has 7 heteroatoms. The lowest BCUT2D eigenvalue weighted by molar-refractivity contribution is -0.139. The second kappa shape index (κ2) is 10.5. The van der Waals surface area contributed by atoms with Crippen molar-refractivity contribution in [3.05, 3.63) is 35.9 Å². The summed E-state index contributed by atoms with van der Waals surface area (Å²) in [4.78, 5) is 26.7. The fourth-order valence-corrected chi connectivity index (χ4v) is 3.86. The molecule has 1 aromatic carbocycles. The fourth-order valence-electron chi connectivity index (χ4n) is 3.86. The average Bonchev–Trinajstić information content (AvgIpc) is 2.77. The zero-order chi connectivity index (χ0) is 19.7. The molecule has 28 heavy (non-hydrogen) atoms. The van der Waals surface area contributed by atoms with Crippen LogP contribution in [0.4, 0.5) is 0 Å². The Kier molecular flexibility index (Phi) is 7.82. The summed E-state index contributed by atoms with van der Waals surface area (Å²) in [6, 6.07) is 10.2. The van der Waals surface area contributed by atoms with E-state index < -0.39 is 11.8 Å². The van der Waals surface area contributed by atoms with Crippen molar-refractivity contribution in [2.75, 3.05) is 59.2 Å². The molecule has 2 amide bonds. The zero-order valence-electron chi connectivity index (χ0n) is 16.5. The van der Waals surface area contributed by atoms with Crippen molar-refractivity contribution in [3.8, 4) is 0 Å². The highest BCUT2D eigenvalue weighted by Crippen LogP contribution is 2.34. The van der Waals surface area contributed by atoms with Crippen molar-refractivity contribution < 1.29 is 19.1 Å². The summed E-state index contributed by atoms with van der Waals surface area (Å²) in [6.07, 6.45) is 2.49.